The maximum absolute atomic E-state index is 2.53. The molecular formula is C28H34P+. The first-order chi connectivity index (χ1) is 14.1. The van der Waals surface area contributed by atoms with Gasteiger partial charge in [0.1, 0.15) is 23.2 Å². The zero-order valence-corrected chi connectivity index (χ0v) is 19.0. The van der Waals surface area contributed by atoms with Crippen LogP contribution in [0.5, 0.6) is 0 Å². The van der Waals surface area contributed by atoms with Crippen LogP contribution in [0.25, 0.3) is 0 Å². The summed E-state index contributed by atoms with van der Waals surface area (Å²) in [5.41, 5.74) is 1.53. The molecule has 0 amide bonds. The highest BCUT2D eigenvalue weighted by Crippen LogP contribution is 2.55. The quantitative estimate of drug-likeness (QED) is 0.275. The largest absolute Gasteiger partial charge is 0.115 e. The Morgan fingerprint density at radius 2 is 1.14 bits per heavy atom. The third-order valence-corrected chi connectivity index (χ3v) is 9.93. The predicted molar refractivity (Wildman–Crippen MR) is 132 cm³/mol. The number of rotatable bonds is 9. The maximum Gasteiger partial charge on any atom is 0.115 e. The fraction of sp³-hybridized carbons (Fsp3) is 0.286. The SMILES string of the molecule is CC(=CC[P+](c1ccccc1)(c1ccccc1)c1ccccc1)CCCC(C)C. The maximum atomic E-state index is 2.53. The minimum absolute atomic E-state index is 0.785. The monoisotopic (exact) mass is 401 g/mol. The van der Waals surface area contributed by atoms with Crippen molar-refractivity contribution in [1.82, 2.24) is 0 Å². The Morgan fingerprint density at radius 3 is 1.52 bits per heavy atom. The number of benzene rings is 3. The Morgan fingerprint density at radius 1 is 0.724 bits per heavy atom. The van der Waals surface area contributed by atoms with Crippen LogP contribution < -0.4 is 15.9 Å². The molecule has 0 fully saturated rings. The highest BCUT2D eigenvalue weighted by atomic mass is 31.2. The van der Waals surface area contributed by atoms with Crippen LogP contribution in [0.2, 0.25) is 0 Å². The van der Waals surface area contributed by atoms with Crippen molar-refractivity contribution >= 4 is 23.2 Å². The van der Waals surface area contributed by atoms with E-state index >= 15 is 0 Å². The fourth-order valence-corrected chi connectivity index (χ4v) is 8.15. The van der Waals surface area contributed by atoms with Gasteiger partial charge in [-0.15, -0.1) is 0 Å². The van der Waals surface area contributed by atoms with Crippen molar-refractivity contribution in [3.8, 4) is 0 Å². The third kappa shape index (κ3) is 5.46. The van der Waals surface area contributed by atoms with Crippen LogP contribution in [-0.4, -0.2) is 6.16 Å². The molecule has 3 rings (SSSR count). The van der Waals surface area contributed by atoms with Gasteiger partial charge < -0.3 is 0 Å². The van der Waals surface area contributed by atoms with Crippen LogP contribution in [0, 0.1) is 5.92 Å². The van der Waals surface area contributed by atoms with Gasteiger partial charge >= 0.3 is 0 Å². The zero-order valence-electron chi connectivity index (χ0n) is 18.1. The fourth-order valence-electron chi connectivity index (χ4n) is 3.99. The van der Waals surface area contributed by atoms with Gasteiger partial charge in [0.15, 0.2) is 0 Å². The highest BCUT2D eigenvalue weighted by molar-refractivity contribution is 7.95. The molecule has 0 unspecified atom stereocenters. The predicted octanol–water partition coefficient (Wildman–Crippen LogP) is 6.75. The van der Waals surface area contributed by atoms with Gasteiger partial charge in [0, 0.05) is 0 Å². The molecule has 3 aromatic rings. The first-order valence-electron chi connectivity index (χ1n) is 10.8. The summed E-state index contributed by atoms with van der Waals surface area (Å²) in [4.78, 5) is 0. The molecule has 0 saturated carbocycles. The molecule has 0 aliphatic rings. The van der Waals surface area contributed by atoms with E-state index in [9.17, 15) is 0 Å². The Labute approximate surface area is 178 Å². The Hall–Kier alpha value is -2.17. The van der Waals surface area contributed by atoms with Gasteiger partial charge in [-0.1, -0.05) is 80.4 Å². The van der Waals surface area contributed by atoms with Gasteiger partial charge in [-0.3, -0.25) is 0 Å². The van der Waals surface area contributed by atoms with Gasteiger partial charge in [-0.25, -0.2) is 0 Å². The number of hydrogen-bond acceptors (Lipinski definition) is 0. The summed E-state index contributed by atoms with van der Waals surface area (Å²) in [5.74, 6) is 0.785. The standard InChI is InChI=1S/C28H34P/c1-24(2)14-13-15-25(3)22-23-29(26-16-7-4-8-17-26,27-18-9-5-10-19-27)28-20-11-6-12-21-28/h4-12,16-22,24H,13-15,23H2,1-3H3/q+1. The second-order valence-corrected chi connectivity index (χ2v) is 11.9. The van der Waals surface area contributed by atoms with Crippen molar-refractivity contribution in [2.75, 3.05) is 6.16 Å². The summed E-state index contributed by atoms with van der Waals surface area (Å²) >= 11 is 0. The average Bonchev–Trinajstić information content (AvgIpc) is 2.76. The van der Waals surface area contributed by atoms with Crippen LogP contribution in [0.4, 0.5) is 0 Å². The molecule has 0 bridgehead atoms. The molecule has 0 saturated heterocycles. The summed E-state index contributed by atoms with van der Waals surface area (Å²) in [6.07, 6.45) is 7.41. The summed E-state index contributed by atoms with van der Waals surface area (Å²) in [6, 6.07) is 33.5. The van der Waals surface area contributed by atoms with Crippen molar-refractivity contribution < 1.29 is 0 Å². The molecule has 0 aliphatic carbocycles. The van der Waals surface area contributed by atoms with Crippen molar-refractivity contribution in [3.63, 3.8) is 0 Å². The van der Waals surface area contributed by atoms with E-state index < -0.39 is 7.26 Å². The first kappa shape index (κ1) is 21.5. The smallest absolute Gasteiger partial charge is 0.0737 e. The molecule has 29 heavy (non-hydrogen) atoms. The second-order valence-electron chi connectivity index (χ2n) is 8.34. The lowest BCUT2D eigenvalue weighted by atomic mass is 10.0. The molecule has 0 radical (unpaired) electrons. The summed E-state index contributed by atoms with van der Waals surface area (Å²) in [6.45, 7) is 6.95. The normalized spacial score (nSPS) is 12.3. The van der Waals surface area contributed by atoms with E-state index in [0.717, 1.165) is 12.1 Å². The molecule has 0 aliphatic heterocycles. The summed E-state index contributed by atoms with van der Waals surface area (Å²) in [5, 5.41) is 4.39. The summed E-state index contributed by atoms with van der Waals surface area (Å²) < 4.78 is 0. The van der Waals surface area contributed by atoms with Crippen LogP contribution in [-0.2, 0) is 0 Å². The molecule has 1 heteroatoms. The molecular weight excluding hydrogens is 367 g/mol. The van der Waals surface area contributed by atoms with Gasteiger partial charge in [0.2, 0.25) is 0 Å². The van der Waals surface area contributed by atoms with Crippen LogP contribution in [0.1, 0.15) is 40.0 Å². The molecule has 0 atom stereocenters. The Bertz CT molecular complexity index is 783. The van der Waals surface area contributed by atoms with E-state index in [1.807, 2.05) is 0 Å². The van der Waals surface area contributed by atoms with E-state index in [1.54, 1.807) is 0 Å². The zero-order chi connectivity index (χ0) is 20.5. The van der Waals surface area contributed by atoms with Gasteiger partial charge in [0.05, 0.1) is 6.16 Å². The lowest BCUT2D eigenvalue weighted by molar-refractivity contribution is 0.554. The average molecular weight is 402 g/mol. The first-order valence-corrected chi connectivity index (χ1v) is 12.8. The molecule has 0 aromatic heterocycles. The molecule has 0 heterocycles. The van der Waals surface area contributed by atoms with E-state index in [1.165, 1.54) is 40.7 Å². The van der Waals surface area contributed by atoms with Crippen molar-refractivity contribution in [3.05, 3.63) is 103 Å². The second kappa shape index (κ2) is 10.6. The van der Waals surface area contributed by atoms with Gasteiger partial charge in [0.25, 0.3) is 0 Å². The van der Waals surface area contributed by atoms with Gasteiger partial charge in [-0.05, 0) is 68.2 Å². The molecule has 0 nitrogen and oxygen atoms in total. The highest BCUT2D eigenvalue weighted by Gasteiger charge is 2.44. The van der Waals surface area contributed by atoms with Gasteiger partial charge in [-0.2, -0.15) is 0 Å². The lowest BCUT2D eigenvalue weighted by Gasteiger charge is -2.27. The molecule has 150 valence electrons. The molecule has 3 aromatic carbocycles. The van der Waals surface area contributed by atoms with Crippen molar-refractivity contribution in [2.24, 2.45) is 5.92 Å². The van der Waals surface area contributed by atoms with E-state index in [4.69, 9.17) is 0 Å². The Balaban J connectivity index is 2.05. The Kier molecular flexibility index (Phi) is 7.84. The van der Waals surface area contributed by atoms with E-state index in [0.29, 0.717) is 0 Å². The van der Waals surface area contributed by atoms with E-state index in [-0.39, 0.29) is 0 Å². The van der Waals surface area contributed by atoms with Crippen LogP contribution >= 0.6 is 7.26 Å². The lowest BCUT2D eigenvalue weighted by Crippen LogP contribution is -2.33. The third-order valence-electron chi connectivity index (χ3n) is 5.66. The number of hydrogen-bond donors (Lipinski definition) is 0. The minimum Gasteiger partial charge on any atom is -0.0737 e. The van der Waals surface area contributed by atoms with Crippen molar-refractivity contribution in [1.29, 1.82) is 0 Å². The minimum atomic E-state index is -1.73. The molecule has 0 spiro atoms. The number of allylic oxidation sites excluding steroid dienone is 2. The van der Waals surface area contributed by atoms with Crippen LogP contribution in [0.3, 0.4) is 0 Å². The van der Waals surface area contributed by atoms with Crippen molar-refractivity contribution in [2.45, 2.75) is 40.0 Å². The topological polar surface area (TPSA) is 0 Å². The van der Waals surface area contributed by atoms with Crippen LogP contribution in [0.15, 0.2) is 103 Å². The van der Waals surface area contributed by atoms with E-state index in [2.05, 4.69) is 118 Å². The summed E-state index contributed by atoms with van der Waals surface area (Å²) in [7, 11) is -1.73. The molecule has 0 N–H and O–H groups in total.